The fourth-order valence-electron chi connectivity index (χ4n) is 2.89. The quantitative estimate of drug-likeness (QED) is 0.721. The summed E-state index contributed by atoms with van der Waals surface area (Å²) in [7, 11) is 0. The van der Waals surface area contributed by atoms with Crippen LogP contribution in [0.25, 0.3) is 0 Å². The summed E-state index contributed by atoms with van der Waals surface area (Å²) < 4.78 is 5.50. The molecule has 0 aliphatic heterocycles. The van der Waals surface area contributed by atoms with E-state index in [-0.39, 0.29) is 6.04 Å². The molecule has 3 rings (SSSR count). The highest BCUT2D eigenvalue weighted by molar-refractivity contribution is 8.00. The van der Waals surface area contributed by atoms with Crippen molar-refractivity contribution >= 4 is 17.4 Å². The summed E-state index contributed by atoms with van der Waals surface area (Å²) in [6.45, 7) is 2.17. The van der Waals surface area contributed by atoms with E-state index in [9.17, 15) is 0 Å². The molecule has 1 saturated carbocycles. The van der Waals surface area contributed by atoms with Crippen LogP contribution in [0, 0.1) is 0 Å². The molecule has 1 heterocycles. The van der Waals surface area contributed by atoms with E-state index < -0.39 is 0 Å². The minimum absolute atomic E-state index is 0.244. The van der Waals surface area contributed by atoms with Crippen LogP contribution in [0.15, 0.2) is 52.0 Å². The molecule has 1 aromatic heterocycles. The Bertz CT molecular complexity index is 529. The Balaban J connectivity index is 1.60. The molecule has 3 heteroatoms. The van der Waals surface area contributed by atoms with Crippen molar-refractivity contribution in [1.29, 1.82) is 0 Å². The fraction of sp³-hybridized carbons (Fsp3) is 0.444. The van der Waals surface area contributed by atoms with Crippen LogP contribution in [0.3, 0.4) is 0 Å². The molecule has 1 aliphatic rings. The third-order valence-electron chi connectivity index (χ3n) is 4.10. The van der Waals surface area contributed by atoms with Crippen molar-refractivity contribution in [2.75, 3.05) is 5.32 Å². The van der Waals surface area contributed by atoms with Crippen LogP contribution in [0.1, 0.15) is 50.8 Å². The minimum Gasteiger partial charge on any atom is -0.467 e. The zero-order valence-corrected chi connectivity index (χ0v) is 13.4. The van der Waals surface area contributed by atoms with E-state index >= 15 is 0 Å². The fourth-order valence-corrected chi connectivity index (χ4v) is 4.14. The van der Waals surface area contributed by atoms with Gasteiger partial charge in [-0.15, -0.1) is 11.8 Å². The van der Waals surface area contributed by atoms with Crippen LogP contribution < -0.4 is 5.32 Å². The molecule has 2 nitrogen and oxygen atoms in total. The highest BCUT2D eigenvalue weighted by atomic mass is 32.2. The molecule has 0 radical (unpaired) electrons. The Hall–Kier alpha value is -1.35. The number of rotatable bonds is 6. The smallest absolute Gasteiger partial charge is 0.125 e. The van der Waals surface area contributed by atoms with Crippen molar-refractivity contribution < 1.29 is 4.42 Å². The third kappa shape index (κ3) is 3.85. The second-order valence-corrected chi connectivity index (χ2v) is 7.04. The van der Waals surface area contributed by atoms with E-state index in [2.05, 4.69) is 36.5 Å². The molecule has 1 aromatic carbocycles. The first-order valence-electron chi connectivity index (χ1n) is 7.92. The molecular formula is C18H23NOS. The van der Waals surface area contributed by atoms with Crippen LogP contribution >= 0.6 is 11.8 Å². The van der Waals surface area contributed by atoms with Gasteiger partial charge in [0.25, 0.3) is 0 Å². The van der Waals surface area contributed by atoms with Crippen LogP contribution in [0.2, 0.25) is 0 Å². The Labute approximate surface area is 131 Å². The van der Waals surface area contributed by atoms with E-state index in [4.69, 9.17) is 4.42 Å². The van der Waals surface area contributed by atoms with Gasteiger partial charge < -0.3 is 9.73 Å². The molecule has 1 atom stereocenters. The lowest BCUT2D eigenvalue weighted by Gasteiger charge is -2.16. The SMILES string of the molecule is CCC(Nc1ccc(SC2CCCC2)cc1)c1ccco1. The van der Waals surface area contributed by atoms with Crippen LogP contribution in [0.4, 0.5) is 5.69 Å². The summed E-state index contributed by atoms with van der Waals surface area (Å²) in [4.78, 5) is 1.39. The van der Waals surface area contributed by atoms with E-state index in [1.54, 1.807) is 6.26 Å². The van der Waals surface area contributed by atoms with Crippen molar-refractivity contribution in [2.45, 2.75) is 55.2 Å². The Kier molecular flexibility index (Phi) is 4.91. The third-order valence-corrected chi connectivity index (χ3v) is 5.44. The molecule has 0 bridgehead atoms. The molecule has 2 aromatic rings. The van der Waals surface area contributed by atoms with Crippen LogP contribution in [0.5, 0.6) is 0 Å². The first kappa shape index (κ1) is 14.6. The van der Waals surface area contributed by atoms with Gasteiger partial charge in [-0.3, -0.25) is 0 Å². The maximum atomic E-state index is 5.50. The number of anilines is 1. The molecule has 112 valence electrons. The summed E-state index contributed by atoms with van der Waals surface area (Å²) in [6, 6.07) is 13.1. The minimum atomic E-state index is 0.244. The molecular weight excluding hydrogens is 278 g/mol. The monoisotopic (exact) mass is 301 g/mol. The lowest BCUT2D eigenvalue weighted by atomic mass is 10.1. The Morgan fingerprint density at radius 3 is 2.57 bits per heavy atom. The van der Waals surface area contributed by atoms with Crippen LogP contribution in [-0.4, -0.2) is 5.25 Å². The maximum Gasteiger partial charge on any atom is 0.125 e. The highest BCUT2D eigenvalue weighted by Gasteiger charge is 2.16. The zero-order chi connectivity index (χ0) is 14.5. The number of thioether (sulfide) groups is 1. The van der Waals surface area contributed by atoms with Crippen LogP contribution in [-0.2, 0) is 0 Å². The first-order valence-corrected chi connectivity index (χ1v) is 8.80. The van der Waals surface area contributed by atoms with Gasteiger partial charge in [0, 0.05) is 15.8 Å². The molecule has 1 aliphatic carbocycles. The summed E-state index contributed by atoms with van der Waals surface area (Å²) in [5.41, 5.74) is 1.16. The van der Waals surface area contributed by atoms with Crippen molar-refractivity contribution in [3.05, 3.63) is 48.4 Å². The van der Waals surface area contributed by atoms with E-state index in [1.165, 1.54) is 30.6 Å². The molecule has 0 saturated heterocycles. The number of nitrogens with one attached hydrogen (secondary N) is 1. The molecule has 0 spiro atoms. The average molecular weight is 301 g/mol. The predicted molar refractivity (Wildman–Crippen MR) is 89.9 cm³/mol. The largest absolute Gasteiger partial charge is 0.467 e. The molecule has 1 unspecified atom stereocenters. The van der Waals surface area contributed by atoms with Gasteiger partial charge in [0.05, 0.1) is 12.3 Å². The second-order valence-electron chi connectivity index (χ2n) is 5.67. The van der Waals surface area contributed by atoms with Gasteiger partial charge in [-0.1, -0.05) is 19.8 Å². The summed E-state index contributed by atoms with van der Waals surface area (Å²) in [6.07, 6.45) is 8.30. The van der Waals surface area contributed by atoms with Crippen molar-refractivity contribution in [3.8, 4) is 0 Å². The number of benzene rings is 1. The van der Waals surface area contributed by atoms with Gasteiger partial charge in [-0.2, -0.15) is 0 Å². The summed E-state index contributed by atoms with van der Waals surface area (Å²) in [5.74, 6) is 1.00. The van der Waals surface area contributed by atoms with E-state index in [0.29, 0.717) is 0 Å². The van der Waals surface area contributed by atoms with Crippen molar-refractivity contribution in [2.24, 2.45) is 0 Å². The molecule has 0 amide bonds. The van der Waals surface area contributed by atoms with E-state index in [0.717, 1.165) is 23.1 Å². The predicted octanol–water partition coefficient (Wildman–Crippen LogP) is 5.88. The van der Waals surface area contributed by atoms with Gasteiger partial charge in [0.2, 0.25) is 0 Å². The second kappa shape index (κ2) is 7.08. The zero-order valence-electron chi connectivity index (χ0n) is 12.5. The van der Waals surface area contributed by atoms with Gasteiger partial charge in [-0.25, -0.2) is 0 Å². The van der Waals surface area contributed by atoms with Gasteiger partial charge >= 0.3 is 0 Å². The first-order chi connectivity index (χ1) is 10.3. The standard InChI is InChI=1S/C18H23NOS/c1-2-17(18-8-5-13-20-18)19-14-9-11-16(12-10-14)21-15-6-3-4-7-15/h5,8-13,15,17,19H,2-4,6-7H2,1H3. The molecule has 21 heavy (non-hydrogen) atoms. The average Bonchev–Trinajstić information content (AvgIpc) is 3.20. The van der Waals surface area contributed by atoms with Crippen molar-refractivity contribution in [3.63, 3.8) is 0 Å². The normalized spacial score (nSPS) is 17.0. The summed E-state index contributed by atoms with van der Waals surface area (Å²) in [5, 5.41) is 4.38. The molecule has 1 N–H and O–H groups in total. The van der Waals surface area contributed by atoms with Gasteiger partial charge in [-0.05, 0) is 55.7 Å². The highest BCUT2D eigenvalue weighted by Crippen LogP contribution is 2.35. The number of furan rings is 1. The summed E-state index contributed by atoms with van der Waals surface area (Å²) >= 11 is 2.04. The Morgan fingerprint density at radius 2 is 1.95 bits per heavy atom. The van der Waals surface area contributed by atoms with Crippen molar-refractivity contribution in [1.82, 2.24) is 0 Å². The lowest BCUT2D eigenvalue weighted by molar-refractivity contribution is 0.474. The van der Waals surface area contributed by atoms with E-state index in [1.807, 2.05) is 23.9 Å². The maximum absolute atomic E-state index is 5.50. The number of hydrogen-bond donors (Lipinski definition) is 1. The lowest BCUT2D eigenvalue weighted by Crippen LogP contribution is -2.08. The Morgan fingerprint density at radius 1 is 1.19 bits per heavy atom. The molecule has 1 fully saturated rings. The topological polar surface area (TPSA) is 25.2 Å². The van der Waals surface area contributed by atoms with Gasteiger partial charge in [0.1, 0.15) is 5.76 Å². The van der Waals surface area contributed by atoms with Gasteiger partial charge in [0.15, 0.2) is 0 Å². The number of hydrogen-bond acceptors (Lipinski definition) is 3.